The van der Waals surface area contributed by atoms with Gasteiger partial charge in [0.1, 0.15) is 0 Å². The molecular weight excluding hydrogens is 2170 g/mol. The Morgan fingerprint density at radius 3 is 0.626 bits per heavy atom. The van der Waals surface area contributed by atoms with Crippen molar-refractivity contribution in [3.8, 4) is 0 Å². The van der Waals surface area contributed by atoms with E-state index in [0.29, 0.717) is 76.9 Å². The van der Waals surface area contributed by atoms with Crippen molar-refractivity contribution in [2.45, 2.75) is 198 Å². The fraction of sp³-hybridized carbons (Fsp3) is 0.402. The minimum absolute atomic E-state index is 0. The molecule has 0 aromatic heterocycles. The quantitative estimate of drug-likeness (QED) is 0.0497. The number of fused-ring (bicyclic) bond motifs is 4. The summed E-state index contributed by atoms with van der Waals surface area (Å²) in [5.74, 6) is 13.7. The molecule has 16 atom stereocenters. The first-order chi connectivity index (χ1) is 63.5. The van der Waals surface area contributed by atoms with Crippen LogP contribution in [0.4, 0.5) is 0 Å². The zero-order valence-electron chi connectivity index (χ0n) is 83.7. The molecule has 0 amide bonds. The van der Waals surface area contributed by atoms with E-state index in [2.05, 4.69) is 379 Å². The maximum atomic E-state index is 4.93. The monoisotopic (exact) mass is 2330 g/mol. The summed E-state index contributed by atoms with van der Waals surface area (Å²) in [5, 5.41) is 0. The van der Waals surface area contributed by atoms with Gasteiger partial charge in [-0.15, -0.1) is 13.2 Å². The Kier molecular flexibility index (Phi) is 62.9. The van der Waals surface area contributed by atoms with Crippen LogP contribution >= 0.6 is 68.1 Å². The zero-order valence-corrected chi connectivity index (χ0v) is 99.6. The maximum absolute atomic E-state index is 4.93. The first-order valence-corrected chi connectivity index (χ1v) is 73.7. The second-order valence-corrected chi connectivity index (χ2v) is 53.5. The topological polar surface area (TPSA) is 0 Å². The molecule has 0 saturated heterocycles. The van der Waals surface area contributed by atoms with Gasteiger partial charge in [0, 0.05) is 21.7 Å². The van der Waals surface area contributed by atoms with E-state index in [1.165, 1.54) is 146 Å². The fourth-order valence-electron chi connectivity index (χ4n) is 28.7. The van der Waals surface area contributed by atoms with Crippen molar-refractivity contribution in [3.63, 3.8) is 0 Å². The number of allylic oxidation sites excluding steroid dienone is 18. The van der Waals surface area contributed by atoms with Gasteiger partial charge in [0.15, 0.2) is 0 Å². The van der Waals surface area contributed by atoms with E-state index in [1.54, 1.807) is 33.4 Å². The Morgan fingerprint density at radius 2 is 0.424 bits per heavy atom. The molecule has 139 heavy (non-hydrogen) atoms. The average Bonchev–Trinajstić information content (AvgIpc) is 1.61. The zero-order chi connectivity index (χ0) is 90.3. The molecule has 0 nitrogen and oxygen atoms in total. The molecule has 8 fully saturated rings. The molecule has 746 valence electrons. The third kappa shape index (κ3) is 29.6. The molecule has 0 aliphatic heterocycles. The second kappa shape index (κ2) is 67.2. The van der Waals surface area contributed by atoms with Gasteiger partial charge in [-0.1, -0.05) is 432 Å². The Morgan fingerprint density at radius 1 is 0.252 bits per heavy atom. The van der Waals surface area contributed by atoms with E-state index in [-0.39, 0.29) is 95.9 Å². The van der Waals surface area contributed by atoms with E-state index in [1.807, 2.05) is 0 Å². The van der Waals surface area contributed by atoms with Crippen LogP contribution < -0.4 is 0 Å². The van der Waals surface area contributed by atoms with Crippen LogP contribution in [0.5, 0.6) is 0 Å². The van der Waals surface area contributed by atoms with Crippen LogP contribution in [-0.4, -0.2) is 0 Å². The van der Waals surface area contributed by atoms with Crippen LogP contribution in [0.2, 0.25) is 0 Å². The molecule has 8 aromatic rings. The van der Waals surface area contributed by atoms with Gasteiger partial charge in [-0.3, -0.25) is 0 Å². The van der Waals surface area contributed by atoms with Crippen LogP contribution in [0.3, 0.4) is 0 Å². The molecule has 12 heteroatoms. The summed E-state index contributed by atoms with van der Waals surface area (Å²) in [5.41, 5.74) is 12.8. The Bertz CT molecular complexity index is 4530. The van der Waals surface area contributed by atoms with Gasteiger partial charge in [-0.05, 0) is 259 Å². The summed E-state index contributed by atoms with van der Waals surface area (Å²) in [6.07, 6.45) is 73.5. The molecule has 0 spiro atoms. The molecule has 12 aliphatic rings. The van der Waals surface area contributed by atoms with Crippen molar-refractivity contribution in [2.24, 2.45) is 118 Å². The standard InChI is InChI=1S/C31H36.C30H34.2C28H32.2CH4.8CH3.8ClH.4Zr/c1-2-3-14-24-23-30(29-22-13-12-21-28(24)29)31(27-19-10-11-20-27,25-15-6-4-7-16-25)26-17-8-5-9-18-26;1-2-13-23-22-29(28-21-12-11-20-27(23)28)30(26-18-9-10-19-26,24-14-5-3-6-15-24)25-16-7-4-8-17-25;2*1-21-20-27(26-19-11-10-18-25(21)26)28(24-16-8-9-17-24,22-12-4-2-5-13-22)23-14-6-3-7-15-23;;;;;;;;;;;;;;;;;;;;;;/h2,4-9,12-13,15-18,21-22,24,27-30H,1,3,10-11,14,19-20,23H2;2-8,11-12,14-17,20-21,23,26-29H,1,9-10,13,18-19,22H2;2*2-7,10-15,18-19,21,24-27H,8-9,16-17,20H2,1H3;2*1H4;8*1H3;8*1H;;;;/q;;;;;;8*-1;;;;;;;;;4*+4/p-8. The van der Waals surface area contributed by atoms with Crippen LogP contribution in [0.1, 0.15) is 221 Å². The molecule has 0 heterocycles. The van der Waals surface area contributed by atoms with Crippen molar-refractivity contribution < 1.29 is 83.4 Å². The van der Waals surface area contributed by atoms with Crippen molar-refractivity contribution in [2.75, 3.05) is 0 Å². The Balaban J connectivity index is 0.000000448. The van der Waals surface area contributed by atoms with Gasteiger partial charge in [0.05, 0.1) is 0 Å². The third-order valence-corrected chi connectivity index (χ3v) is 33.1. The number of hydrogen-bond acceptors (Lipinski definition) is 0. The number of halogens is 8. The van der Waals surface area contributed by atoms with Crippen molar-refractivity contribution in [1.82, 2.24) is 0 Å². The molecule has 0 N–H and O–H groups in total. The molecule has 0 bridgehead atoms. The van der Waals surface area contributed by atoms with E-state index >= 15 is 0 Å². The predicted octanol–water partition coefficient (Wildman–Crippen LogP) is 40.6. The van der Waals surface area contributed by atoms with Gasteiger partial charge in [-0.25, -0.2) is 0 Å². The number of benzene rings is 8. The van der Waals surface area contributed by atoms with Crippen LogP contribution in [0.25, 0.3) is 0 Å². The fourth-order valence-corrected chi connectivity index (χ4v) is 28.7. The summed E-state index contributed by atoms with van der Waals surface area (Å²) in [6, 6.07) is 92.4. The van der Waals surface area contributed by atoms with Crippen LogP contribution in [-0.2, 0) is 105 Å². The number of hydrogen-bond donors (Lipinski definition) is 0. The molecule has 12 aliphatic carbocycles. The van der Waals surface area contributed by atoms with E-state index in [4.69, 9.17) is 68.1 Å². The molecule has 8 saturated carbocycles. The molecule has 0 radical (unpaired) electrons. The average molecular weight is 2340 g/mol. The first kappa shape index (κ1) is 130. The predicted molar refractivity (Wildman–Crippen MR) is 607 cm³/mol. The summed E-state index contributed by atoms with van der Waals surface area (Å²) < 4.78 is 0. The molecular formula is C127H166Cl8Zr4. The van der Waals surface area contributed by atoms with Crippen LogP contribution in [0, 0.1) is 178 Å². The van der Waals surface area contributed by atoms with Gasteiger partial charge >= 0.3 is 151 Å². The minimum atomic E-state index is -0.826. The summed E-state index contributed by atoms with van der Waals surface area (Å²) in [6.45, 7) is 13.1. The van der Waals surface area contributed by atoms with Gasteiger partial charge in [-0.2, -0.15) is 0 Å². The van der Waals surface area contributed by atoms with Gasteiger partial charge < -0.3 is 59.4 Å². The SMILES string of the molecule is C.C.C=CCC1CC(C(c2ccccc2)(c2ccccc2)C2CCCC2)C2C=CC=CC12.C=CCCC1CC(C(c2ccccc2)(c2ccccc2)C2CCCC2)C2C=CC=CC12.CC1CC(C(c2ccccc2)(c2ccccc2)C2CCCC2)C2C=CC=CC12.CC1CC(C(c2ccccc2)(c2ccccc2)C2CCCC2)C2C=CC=CC12.[CH3-].[CH3-].[CH3-].[CH3-].[CH3-].[CH3-].[CH3-].[CH3-].[Cl][Zr+2][Cl].[Cl][Zr+2][Cl].[Cl][Zr+2][Cl].[Cl][Zr+2][Cl]. The second-order valence-electron chi connectivity index (χ2n) is 38.5. The van der Waals surface area contributed by atoms with Crippen molar-refractivity contribution in [3.05, 3.63) is 469 Å². The summed E-state index contributed by atoms with van der Waals surface area (Å²) >= 11 is -3.30. The molecule has 16 unspecified atom stereocenters. The Labute approximate surface area is 925 Å². The van der Waals surface area contributed by atoms with E-state index < -0.39 is 83.4 Å². The number of rotatable bonds is 21. The van der Waals surface area contributed by atoms with E-state index in [9.17, 15) is 0 Å². The molecule has 20 rings (SSSR count). The van der Waals surface area contributed by atoms with Crippen LogP contribution in [0.15, 0.2) is 365 Å². The summed E-state index contributed by atoms with van der Waals surface area (Å²) in [4.78, 5) is 0. The Hall–Kier alpha value is -2.99. The first-order valence-electron chi connectivity index (χ1n) is 48.4. The third-order valence-electron chi connectivity index (χ3n) is 33.1. The van der Waals surface area contributed by atoms with Gasteiger partial charge in [0.25, 0.3) is 0 Å². The molecule has 8 aromatic carbocycles. The normalized spacial score (nSPS) is 24.7. The summed E-state index contributed by atoms with van der Waals surface area (Å²) in [7, 11) is 39.5. The van der Waals surface area contributed by atoms with Crippen molar-refractivity contribution in [1.29, 1.82) is 0 Å². The van der Waals surface area contributed by atoms with Gasteiger partial charge in [0.2, 0.25) is 0 Å². The van der Waals surface area contributed by atoms with Crippen molar-refractivity contribution >= 4 is 68.1 Å². The van der Waals surface area contributed by atoms with E-state index in [0.717, 1.165) is 54.3 Å².